The predicted octanol–water partition coefficient (Wildman–Crippen LogP) is 2.74. The number of carbonyl (C=O) groups excluding carboxylic acids is 1. The van der Waals surface area contributed by atoms with E-state index in [0.29, 0.717) is 18.2 Å². The lowest BCUT2D eigenvalue weighted by Crippen LogP contribution is -2.33. The number of rotatable bonds is 6. The number of amides is 1. The van der Waals surface area contributed by atoms with Gasteiger partial charge in [-0.05, 0) is 51.5 Å². The lowest BCUT2D eigenvalue weighted by Gasteiger charge is -2.18. The first-order chi connectivity index (χ1) is 13.1. The normalized spacial score (nSPS) is 20.1. The van der Waals surface area contributed by atoms with Crippen LogP contribution in [0, 0.1) is 0 Å². The molecule has 0 saturated carbocycles. The molecule has 4 rings (SSSR count). The largest absolute Gasteiger partial charge is 0.376 e. The summed E-state index contributed by atoms with van der Waals surface area (Å²) in [5.41, 5.74) is 1.22. The summed E-state index contributed by atoms with van der Waals surface area (Å²) in [6.07, 6.45) is 5.16. The molecule has 1 aliphatic heterocycles. The van der Waals surface area contributed by atoms with E-state index in [1.165, 1.54) is 22.2 Å². The molecule has 0 unspecified atom stereocenters. The number of aryl methyl sites for hydroxylation is 2. The van der Waals surface area contributed by atoms with E-state index in [9.17, 15) is 9.59 Å². The van der Waals surface area contributed by atoms with Gasteiger partial charge in [-0.15, -0.1) is 11.3 Å². The Morgan fingerprint density at radius 3 is 3.04 bits per heavy atom. The average molecular weight is 408 g/mol. The van der Waals surface area contributed by atoms with Gasteiger partial charge in [0.05, 0.1) is 23.3 Å². The van der Waals surface area contributed by atoms with Gasteiger partial charge in [0.1, 0.15) is 4.83 Å². The first kappa shape index (κ1) is 19.0. The Kier molecular flexibility index (Phi) is 5.57. The number of carbonyl (C=O) groups is 1. The Hall–Kier alpha value is -1.38. The number of hydrogen-bond donors (Lipinski definition) is 1. The number of nitrogens with one attached hydrogen (secondary N) is 1. The van der Waals surface area contributed by atoms with Crippen LogP contribution in [0.25, 0.3) is 10.2 Å². The third kappa shape index (κ3) is 3.67. The van der Waals surface area contributed by atoms with E-state index in [0.717, 1.165) is 48.9 Å². The molecular weight excluding hydrogens is 382 g/mol. The lowest BCUT2D eigenvalue weighted by molar-refractivity contribution is -0.120. The smallest absolute Gasteiger partial charge is 0.263 e. The van der Waals surface area contributed by atoms with Gasteiger partial charge in [0.15, 0.2) is 5.16 Å². The molecule has 1 amide bonds. The maximum atomic E-state index is 13.4. The van der Waals surface area contributed by atoms with E-state index in [1.54, 1.807) is 15.9 Å². The minimum Gasteiger partial charge on any atom is -0.376 e. The molecule has 0 spiro atoms. The van der Waals surface area contributed by atoms with Crippen molar-refractivity contribution >= 4 is 39.2 Å². The molecule has 2 aromatic heterocycles. The van der Waals surface area contributed by atoms with Gasteiger partial charge in [-0.25, -0.2) is 4.98 Å². The van der Waals surface area contributed by atoms with Crippen LogP contribution in [0.15, 0.2) is 9.95 Å². The lowest BCUT2D eigenvalue weighted by atomic mass is 10.2. The fraction of sp³-hybridized carbons (Fsp3) is 0.632. The Morgan fingerprint density at radius 2 is 2.30 bits per heavy atom. The van der Waals surface area contributed by atoms with Crippen molar-refractivity contribution in [3.8, 4) is 0 Å². The van der Waals surface area contributed by atoms with Crippen LogP contribution in [0.3, 0.4) is 0 Å². The highest BCUT2D eigenvalue weighted by molar-refractivity contribution is 8.00. The van der Waals surface area contributed by atoms with Gasteiger partial charge in [0.2, 0.25) is 5.91 Å². The van der Waals surface area contributed by atoms with E-state index in [1.807, 2.05) is 13.8 Å². The highest BCUT2D eigenvalue weighted by Crippen LogP contribution is 2.36. The van der Waals surface area contributed by atoms with Crippen molar-refractivity contribution in [1.29, 1.82) is 0 Å². The van der Waals surface area contributed by atoms with Crippen LogP contribution in [0.2, 0.25) is 0 Å². The molecule has 27 heavy (non-hydrogen) atoms. The molecule has 1 saturated heterocycles. The molecule has 1 fully saturated rings. The average Bonchev–Trinajstić information content (AvgIpc) is 3.35. The van der Waals surface area contributed by atoms with Gasteiger partial charge in [-0.1, -0.05) is 11.8 Å². The van der Waals surface area contributed by atoms with E-state index in [2.05, 4.69) is 5.32 Å². The number of thioether (sulfide) groups is 1. The molecule has 3 heterocycles. The van der Waals surface area contributed by atoms with E-state index >= 15 is 0 Å². The molecule has 2 aliphatic rings. The maximum Gasteiger partial charge on any atom is 0.263 e. The molecule has 2 aromatic rings. The van der Waals surface area contributed by atoms with Gasteiger partial charge < -0.3 is 10.1 Å². The van der Waals surface area contributed by atoms with Crippen LogP contribution in [-0.4, -0.2) is 40.0 Å². The molecule has 0 bridgehead atoms. The van der Waals surface area contributed by atoms with Crippen molar-refractivity contribution in [1.82, 2.24) is 14.9 Å². The third-order valence-corrected chi connectivity index (χ3v) is 7.48. The number of hydrogen-bond acceptors (Lipinski definition) is 6. The van der Waals surface area contributed by atoms with Crippen LogP contribution in [0.5, 0.6) is 0 Å². The predicted molar refractivity (Wildman–Crippen MR) is 109 cm³/mol. The Balaban J connectivity index is 1.75. The molecule has 8 heteroatoms. The second kappa shape index (κ2) is 7.93. The number of nitrogens with zero attached hydrogens (tertiary/aromatic N) is 2. The zero-order valence-corrected chi connectivity index (χ0v) is 17.4. The maximum absolute atomic E-state index is 13.4. The minimum absolute atomic E-state index is 0.0282. The van der Waals surface area contributed by atoms with Gasteiger partial charge in [0.25, 0.3) is 5.56 Å². The van der Waals surface area contributed by atoms with Crippen molar-refractivity contribution in [2.24, 2.45) is 0 Å². The van der Waals surface area contributed by atoms with Gasteiger partial charge in [0, 0.05) is 18.0 Å². The summed E-state index contributed by atoms with van der Waals surface area (Å²) in [6, 6.07) is 0. The quantitative estimate of drug-likeness (QED) is 0.589. The van der Waals surface area contributed by atoms with Crippen molar-refractivity contribution in [3.63, 3.8) is 0 Å². The summed E-state index contributed by atoms with van der Waals surface area (Å²) in [6.45, 7) is 5.62. The zero-order valence-electron chi connectivity index (χ0n) is 15.7. The van der Waals surface area contributed by atoms with E-state index < -0.39 is 0 Å². The standard InChI is InChI=1S/C19H25N3O3S2/c1-3-20-16(23)11(2)26-19-21-17-15(13-7-4-8-14(13)27-17)18(24)22(19)10-12-6-5-9-25-12/h11-12H,3-10H2,1-2H3,(H,20,23)/t11-,12+/m1/s1. The minimum atomic E-state index is -0.308. The summed E-state index contributed by atoms with van der Waals surface area (Å²) in [5, 5.41) is 3.95. The molecule has 0 aromatic carbocycles. The van der Waals surface area contributed by atoms with Crippen molar-refractivity contribution in [2.45, 2.75) is 69.0 Å². The highest BCUT2D eigenvalue weighted by atomic mass is 32.2. The Morgan fingerprint density at radius 1 is 1.44 bits per heavy atom. The fourth-order valence-electron chi connectivity index (χ4n) is 3.83. The monoisotopic (exact) mass is 407 g/mol. The number of ether oxygens (including phenoxy) is 1. The van der Waals surface area contributed by atoms with E-state index in [4.69, 9.17) is 9.72 Å². The first-order valence-electron chi connectivity index (χ1n) is 9.69. The zero-order chi connectivity index (χ0) is 19.0. The summed E-state index contributed by atoms with van der Waals surface area (Å²) < 4.78 is 7.52. The van der Waals surface area contributed by atoms with Crippen LogP contribution in [-0.2, 0) is 28.9 Å². The third-order valence-electron chi connectivity index (χ3n) is 5.20. The van der Waals surface area contributed by atoms with Crippen molar-refractivity contribution in [3.05, 3.63) is 20.8 Å². The summed E-state index contributed by atoms with van der Waals surface area (Å²) in [7, 11) is 0. The Bertz CT molecular complexity index is 915. The molecule has 2 atom stereocenters. The van der Waals surface area contributed by atoms with Crippen LogP contribution >= 0.6 is 23.1 Å². The van der Waals surface area contributed by atoms with Crippen molar-refractivity contribution < 1.29 is 9.53 Å². The van der Waals surface area contributed by atoms with E-state index in [-0.39, 0.29) is 22.8 Å². The SMILES string of the molecule is CCNC(=O)[C@@H](C)Sc1nc2sc3c(c2c(=O)n1C[C@@H]1CCCO1)CCC3. The second-order valence-electron chi connectivity index (χ2n) is 7.14. The second-order valence-corrected chi connectivity index (χ2v) is 9.53. The highest BCUT2D eigenvalue weighted by Gasteiger charge is 2.27. The van der Waals surface area contributed by atoms with Crippen LogP contribution in [0.1, 0.15) is 43.6 Å². The fourth-order valence-corrected chi connectivity index (χ4v) is 6.08. The topological polar surface area (TPSA) is 73.2 Å². The van der Waals surface area contributed by atoms with Crippen LogP contribution < -0.4 is 10.9 Å². The summed E-state index contributed by atoms with van der Waals surface area (Å²) in [5.74, 6) is -0.0332. The number of thiophene rings is 1. The molecule has 0 radical (unpaired) electrons. The number of aromatic nitrogens is 2. The molecular formula is C19H25N3O3S2. The van der Waals surface area contributed by atoms with Gasteiger partial charge in [-0.2, -0.15) is 0 Å². The molecule has 146 valence electrons. The van der Waals surface area contributed by atoms with Gasteiger partial charge in [-0.3, -0.25) is 14.2 Å². The molecule has 6 nitrogen and oxygen atoms in total. The Labute approximate surface area is 166 Å². The molecule has 1 N–H and O–H groups in total. The van der Waals surface area contributed by atoms with Crippen molar-refractivity contribution in [2.75, 3.05) is 13.2 Å². The first-order valence-corrected chi connectivity index (χ1v) is 11.4. The molecule has 1 aliphatic carbocycles. The van der Waals surface area contributed by atoms with Gasteiger partial charge >= 0.3 is 0 Å². The number of fused-ring (bicyclic) bond motifs is 3. The summed E-state index contributed by atoms with van der Waals surface area (Å²) in [4.78, 5) is 32.5. The van der Waals surface area contributed by atoms with Crippen LogP contribution in [0.4, 0.5) is 0 Å². The summed E-state index contributed by atoms with van der Waals surface area (Å²) >= 11 is 3.00.